The predicted molar refractivity (Wildman–Crippen MR) is 89.1 cm³/mol. The molecule has 3 heteroatoms. The Morgan fingerprint density at radius 1 is 1.16 bits per heavy atom. The molecule has 0 fully saturated rings. The van der Waals surface area contributed by atoms with Gasteiger partial charge >= 0.3 is 0 Å². The molecule has 2 nitrogen and oxygen atoms in total. The second-order valence-electron chi connectivity index (χ2n) is 6.85. The minimum atomic E-state index is 0.419. The van der Waals surface area contributed by atoms with Crippen molar-refractivity contribution >= 4 is 16.9 Å². The lowest BCUT2D eigenvalue weighted by atomic mass is 9.90. The van der Waals surface area contributed by atoms with Crippen LogP contribution in [0.5, 0.6) is 0 Å². The van der Waals surface area contributed by atoms with Gasteiger partial charge in [0, 0.05) is 11.8 Å². The topological polar surface area (TPSA) is 24.4 Å². The molecule has 0 saturated heterocycles. The quantitative estimate of drug-likeness (QED) is 0.645. The summed E-state index contributed by atoms with van der Waals surface area (Å²) in [5.74, 6) is 0. The zero-order valence-electron chi connectivity index (χ0n) is 13.3. The fraction of sp³-hybridized carbons (Fsp3) is 0.938. The Labute approximate surface area is 124 Å². The van der Waals surface area contributed by atoms with Crippen molar-refractivity contribution in [2.24, 2.45) is 10.4 Å². The highest BCUT2D eigenvalue weighted by molar-refractivity contribution is 8.14. The number of nitrogens with zero attached hydrogens (tertiary/aromatic N) is 1. The fourth-order valence-corrected chi connectivity index (χ4v) is 3.79. The summed E-state index contributed by atoms with van der Waals surface area (Å²) < 4.78 is 0. The first kappa shape index (κ1) is 16.9. The Balaban J connectivity index is 2.00. The van der Waals surface area contributed by atoms with Crippen LogP contribution < -0.4 is 5.32 Å². The molecule has 0 aromatic heterocycles. The summed E-state index contributed by atoms with van der Waals surface area (Å²) >= 11 is 1.95. The van der Waals surface area contributed by atoms with Gasteiger partial charge in [-0.25, -0.2) is 0 Å². The number of amidine groups is 1. The molecule has 0 spiro atoms. The highest BCUT2D eigenvalue weighted by Gasteiger charge is 2.24. The zero-order valence-corrected chi connectivity index (χ0v) is 14.1. The van der Waals surface area contributed by atoms with Crippen LogP contribution in [0.2, 0.25) is 0 Å². The van der Waals surface area contributed by atoms with Crippen molar-refractivity contribution in [3.05, 3.63) is 0 Å². The van der Waals surface area contributed by atoms with Gasteiger partial charge in [0.1, 0.15) is 0 Å². The van der Waals surface area contributed by atoms with Gasteiger partial charge in [-0.2, -0.15) is 0 Å². The number of hydrogen-bond acceptors (Lipinski definition) is 3. The summed E-state index contributed by atoms with van der Waals surface area (Å²) in [6.45, 7) is 11.3. The molecule has 0 amide bonds. The third-order valence-electron chi connectivity index (χ3n) is 3.36. The third kappa shape index (κ3) is 8.56. The van der Waals surface area contributed by atoms with E-state index in [0.717, 1.165) is 13.1 Å². The molecule has 1 unspecified atom stereocenters. The van der Waals surface area contributed by atoms with Crippen LogP contribution >= 0.6 is 11.8 Å². The zero-order chi connectivity index (χ0) is 14.1. The van der Waals surface area contributed by atoms with Crippen molar-refractivity contribution < 1.29 is 0 Å². The van der Waals surface area contributed by atoms with E-state index in [1.165, 1.54) is 50.1 Å². The van der Waals surface area contributed by atoms with Gasteiger partial charge in [-0.05, 0) is 18.3 Å². The Hall–Kier alpha value is -0.180. The molecule has 0 aromatic rings. The van der Waals surface area contributed by atoms with Gasteiger partial charge in [-0.3, -0.25) is 4.99 Å². The maximum Gasteiger partial charge on any atom is 0.156 e. The van der Waals surface area contributed by atoms with Crippen molar-refractivity contribution in [1.29, 1.82) is 0 Å². The van der Waals surface area contributed by atoms with Gasteiger partial charge in [0.05, 0.1) is 6.54 Å². The van der Waals surface area contributed by atoms with Gasteiger partial charge < -0.3 is 5.32 Å². The smallest absolute Gasteiger partial charge is 0.156 e. The Bertz CT molecular complexity index is 268. The van der Waals surface area contributed by atoms with Crippen LogP contribution in [0.1, 0.15) is 72.6 Å². The Morgan fingerprint density at radius 2 is 1.84 bits per heavy atom. The highest BCUT2D eigenvalue weighted by Crippen LogP contribution is 2.31. The molecule has 0 radical (unpaired) electrons. The predicted octanol–water partition coefficient (Wildman–Crippen LogP) is 4.84. The van der Waals surface area contributed by atoms with Crippen LogP contribution in [-0.2, 0) is 0 Å². The van der Waals surface area contributed by atoms with Crippen LogP contribution in [0.15, 0.2) is 4.99 Å². The van der Waals surface area contributed by atoms with E-state index in [0.29, 0.717) is 10.7 Å². The Kier molecular flexibility index (Phi) is 7.89. The number of nitrogens with one attached hydrogen (secondary N) is 1. The third-order valence-corrected chi connectivity index (χ3v) is 4.51. The second kappa shape index (κ2) is 8.89. The van der Waals surface area contributed by atoms with E-state index in [-0.39, 0.29) is 0 Å². The summed E-state index contributed by atoms with van der Waals surface area (Å²) in [7, 11) is 0. The van der Waals surface area contributed by atoms with Crippen molar-refractivity contribution in [3.8, 4) is 0 Å². The normalized spacial score (nSPS) is 19.6. The summed E-state index contributed by atoms with van der Waals surface area (Å²) in [6.07, 6.45) is 9.42. The second-order valence-corrected chi connectivity index (χ2v) is 8.13. The minimum Gasteiger partial charge on any atom is -0.365 e. The Morgan fingerprint density at radius 3 is 2.53 bits per heavy atom. The number of thioether (sulfide) groups is 1. The van der Waals surface area contributed by atoms with Crippen molar-refractivity contribution in [1.82, 2.24) is 5.32 Å². The highest BCUT2D eigenvalue weighted by atomic mass is 32.2. The van der Waals surface area contributed by atoms with Crippen LogP contribution in [0.3, 0.4) is 0 Å². The van der Waals surface area contributed by atoms with E-state index in [2.05, 4.69) is 38.0 Å². The molecule has 1 heterocycles. The molecule has 0 aliphatic carbocycles. The van der Waals surface area contributed by atoms with Gasteiger partial charge in [0.2, 0.25) is 0 Å². The minimum absolute atomic E-state index is 0.419. The van der Waals surface area contributed by atoms with E-state index in [1.54, 1.807) is 0 Å². The van der Waals surface area contributed by atoms with E-state index < -0.39 is 0 Å². The molecule has 1 aliphatic rings. The van der Waals surface area contributed by atoms with Crippen LogP contribution in [0.25, 0.3) is 0 Å². The van der Waals surface area contributed by atoms with Crippen LogP contribution in [0.4, 0.5) is 0 Å². The average molecular weight is 285 g/mol. The van der Waals surface area contributed by atoms with Gasteiger partial charge in [0.15, 0.2) is 5.17 Å². The van der Waals surface area contributed by atoms with Gasteiger partial charge in [0.25, 0.3) is 0 Å². The standard InChI is InChI=1S/C16H32N2S/c1-5-6-7-8-9-10-11-17-15-18-13-14(19-15)12-16(2,3)4/h14H,5-13H2,1-4H3,(H,17,18). The molecule has 0 saturated carbocycles. The largest absolute Gasteiger partial charge is 0.365 e. The first-order valence-corrected chi connectivity index (χ1v) is 8.84. The number of hydrogen-bond donors (Lipinski definition) is 1. The molecule has 1 rings (SSSR count). The molecule has 1 atom stereocenters. The van der Waals surface area contributed by atoms with Gasteiger partial charge in [-0.15, -0.1) is 0 Å². The van der Waals surface area contributed by atoms with E-state index in [4.69, 9.17) is 0 Å². The number of aliphatic imine (C=N–C) groups is 1. The van der Waals surface area contributed by atoms with E-state index in [9.17, 15) is 0 Å². The number of unbranched alkanes of at least 4 members (excludes halogenated alkanes) is 5. The van der Waals surface area contributed by atoms with Crippen LogP contribution in [-0.4, -0.2) is 23.5 Å². The summed E-state index contributed by atoms with van der Waals surface area (Å²) in [5.41, 5.74) is 0.419. The lowest BCUT2D eigenvalue weighted by Crippen LogP contribution is -2.21. The van der Waals surface area contributed by atoms with Crippen molar-refractivity contribution in [2.75, 3.05) is 13.1 Å². The summed E-state index contributed by atoms with van der Waals surface area (Å²) in [5, 5.41) is 5.37. The summed E-state index contributed by atoms with van der Waals surface area (Å²) in [4.78, 5) is 4.62. The first-order chi connectivity index (χ1) is 9.01. The fourth-order valence-electron chi connectivity index (χ4n) is 2.40. The lowest BCUT2D eigenvalue weighted by molar-refractivity contribution is 0.375. The summed E-state index contributed by atoms with van der Waals surface area (Å²) in [6, 6.07) is 0. The monoisotopic (exact) mass is 284 g/mol. The molecule has 0 aromatic carbocycles. The average Bonchev–Trinajstić information content (AvgIpc) is 2.73. The van der Waals surface area contributed by atoms with E-state index >= 15 is 0 Å². The lowest BCUT2D eigenvalue weighted by Gasteiger charge is -2.21. The van der Waals surface area contributed by atoms with Gasteiger partial charge in [-0.1, -0.05) is 71.6 Å². The molecular formula is C16H32N2S. The molecular weight excluding hydrogens is 252 g/mol. The molecule has 1 N–H and O–H groups in total. The molecule has 19 heavy (non-hydrogen) atoms. The van der Waals surface area contributed by atoms with Crippen molar-refractivity contribution in [2.45, 2.75) is 77.9 Å². The maximum absolute atomic E-state index is 4.62. The number of rotatable bonds is 8. The van der Waals surface area contributed by atoms with Crippen LogP contribution in [0, 0.1) is 5.41 Å². The SMILES string of the molecule is CCCCCCCCNC1=NCC(CC(C)(C)C)S1. The maximum atomic E-state index is 4.62. The molecule has 1 aliphatic heterocycles. The molecule has 112 valence electrons. The molecule has 0 bridgehead atoms. The van der Waals surface area contributed by atoms with Crippen molar-refractivity contribution in [3.63, 3.8) is 0 Å². The van der Waals surface area contributed by atoms with E-state index in [1.807, 2.05) is 11.8 Å². The first-order valence-electron chi connectivity index (χ1n) is 7.96.